The molecule has 1 aliphatic rings. The van der Waals surface area contributed by atoms with Crippen molar-refractivity contribution in [3.8, 4) is 5.75 Å². The van der Waals surface area contributed by atoms with E-state index in [0.29, 0.717) is 13.2 Å². The summed E-state index contributed by atoms with van der Waals surface area (Å²) >= 11 is 5.74. The van der Waals surface area contributed by atoms with Crippen LogP contribution in [0.15, 0.2) is 40.1 Å². The summed E-state index contributed by atoms with van der Waals surface area (Å²) in [7, 11) is 0. The molecule has 0 fully saturated rings. The number of nitrogens with zero attached hydrogens (tertiary/aromatic N) is 1. The molecule has 2 heterocycles. The molecule has 6 heteroatoms. The normalized spacial score (nSPS) is 17.0. The molecule has 3 rings (SSSR count). The van der Waals surface area contributed by atoms with E-state index < -0.39 is 11.2 Å². The molecule has 1 aromatic carbocycles. The summed E-state index contributed by atoms with van der Waals surface area (Å²) in [6.45, 7) is 0.939. The fourth-order valence-electron chi connectivity index (χ4n) is 2.24. The first-order valence-corrected chi connectivity index (χ1v) is 6.24. The van der Waals surface area contributed by atoms with Crippen LogP contribution in [-0.2, 0) is 6.54 Å². The van der Waals surface area contributed by atoms with E-state index in [2.05, 4.69) is 4.98 Å². The van der Waals surface area contributed by atoms with Crippen LogP contribution in [0.3, 0.4) is 0 Å². The summed E-state index contributed by atoms with van der Waals surface area (Å²) in [5, 5.41) is 0.00630. The quantitative estimate of drug-likeness (QED) is 0.902. The van der Waals surface area contributed by atoms with Crippen molar-refractivity contribution >= 4 is 11.6 Å². The van der Waals surface area contributed by atoms with E-state index in [4.69, 9.17) is 16.3 Å². The zero-order valence-corrected chi connectivity index (χ0v) is 10.7. The zero-order valence-electron chi connectivity index (χ0n) is 9.93. The van der Waals surface area contributed by atoms with Gasteiger partial charge in [-0.1, -0.05) is 29.8 Å². The highest BCUT2D eigenvalue weighted by molar-refractivity contribution is 6.30. The Hall–Kier alpha value is -2.01. The van der Waals surface area contributed by atoms with Crippen molar-refractivity contribution in [2.75, 3.05) is 6.61 Å². The summed E-state index contributed by atoms with van der Waals surface area (Å²) in [4.78, 5) is 25.1. The number of fused-ring (bicyclic) bond motifs is 1. The van der Waals surface area contributed by atoms with Crippen LogP contribution in [0.25, 0.3) is 0 Å². The number of benzene rings is 1. The molecule has 0 aliphatic carbocycles. The molecule has 19 heavy (non-hydrogen) atoms. The molecule has 98 valence electrons. The van der Waals surface area contributed by atoms with Crippen molar-refractivity contribution in [2.45, 2.75) is 12.5 Å². The van der Waals surface area contributed by atoms with Crippen LogP contribution in [0.1, 0.15) is 11.5 Å². The average Bonchev–Trinajstić information content (AvgIpc) is 2.80. The lowest BCUT2D eigenvalue weighted by Gasteiger charge is -2.11. The number of nitrogens with one attached hydrogen (secondary N) is 1. The van der Waals surface area contributed by atoms with Crippen molar-refractivity contribution in [1.82, 2.24) is 9.55 Å². The van der Waals surface area contributed by atoms with Crippen LogP contribution in [0.4, 0.5) is 0 Å². The summed E-state index contributed by atoms with van der Waals surface area (Å²) < 4.78 is 6.96. The molecule has 0 radical (unpaired) electrons. The molecule has 1 aliphatic heterocycles. The molecule has 0 amide bonds. The highest BCUT2D eigenvalue weighted by Gasteiger charge is 2.24. The molecule has 1 atom stereocenters. The SMILES string of the molecule is O=c1[nH]c(=O)n(CC2COc3ccccc32)cc1Cl. The van der Waals surface area contributed by atoms with Gasteiger partial charge in [-0.05, 0) is 6.07 Å². The van der Waals surface area contributed by atoms with Crippen LogP contribution in [0.2, 0.25) is 5.02 Å². The highest BCUT2D eigenvalue weighted by Crippen LogP contribution is 2.34. The first-order chi connectivity index (χ1) is 9.15. The lowest BCUT2D eigenvalue weighted by Crippen LogP contribution is -2.31. The minimum atomic E-state index is -0.564. The van der Waals surface area contributed by atoms with Gasteiger partial charge in [0.2, 0.25) is 0 Å². The Morgan fingerprint density at radius 1 is 1.37 bits per heavy atom. The number of aromatic nitrogens is 2. The fraction of sp³-hybridized carbons (Fsp3) is 0.231. The number of aromatic amines is 1. The Morgan fingerprint density at radius 3 is 3.00 bits per heavy atom. The summed E-state index contributed by atoms with van der Waals surface area (Å²) in [6, 6.07) is 7.72. The molecule has 2 aromatic rings. The van der Waals surface area contributed by atoms with Crippen molar-refractivity contribution in [3.63, 3.8) is 0 Å². The van der Waals surface area contributed by atoms with Gasteiger partial charge in [0.1, 0.15) is 10.8 Å². The van der Waals surface area contributed by atoms with Gasteiger partial charge in [-0.25, -0.2) is 4.79 Å². The predicted octanol–water partition coefficient (Wildman–Crippen LogP) is 1.37. The average molecular weight is 279 g/mol. The molecule has 1 aromatic heterocycles. The number of rotatable bonds is 2. The Labute approximate surface area is 113 Å². The first-order valence-electron chi connectivity index (χ1n) is 5.86. The van der Waals surface area contributed by atoms with Crippen LogP contribution < -0.4 is 16.0 Å². The number of halogens is 1. The van der Waals surface area contributed by atoms with E-state index in [1.54, 1.807) is 0 Å². The van der Waals surface area contributed by atoms with Gasteiger partial charge in [0.15, 0.2) is 0 Å². The third kappa shape index (κ3) is 2.17. The number of para-hydroxylation sites is 1. The maximum atomic E-state index is 11.7. The lowest BCUT2D eigenvalue weighted by molar-refractivity contribution is 0.317. The van der Waals surface area contributed by atoms with Crippen molar-refractivity contribution in [2.24, 2.45) is 0 Å². The molecule has 1 N–H and O–H groups in total. The van der Waals surface area contributed by atoms with Crippen LogP contribution in [0, 0.1) is 0 Å². The summed E-state index contributed by atoms with van der Waals surface area (Å²) in [5.41, 5.74) is 0.0430. The van der Waals surface area contributed by atoms with E-state index in [-0.39, 0.29) is 10.9 Å². The minimum Gasteiger partial charge on any atom is -0.493 e. The van der Waals surface area contributed by atoms with Crippen molar-refractivity contribution in [3.05, 3.63) is 61.9 Å². The summed E-state index contributed by atoms with van der Waals surface area (Å²) in [6.07, 6.45) is 1.36. The first kappa shape index (κ1) is 12.0. The predicted molar refractivity (Wildman–Crippen MR) is 71.0 cm³/mol. The largest absolute Gasteiger partial charge is 0.493 e. The van der Waals surface area contributed by atoms with Gasteiger partial charge < -0.3 is 4.74 Å². The van der Waals surface area contributed by atoms with Crippen LogP contribution >= 0.6 is 11.6 Å². The zero-order chi connectivity index (χ0) is 13.4. The third-order valence-corrected chi connectivity index (χ3v) is 3.45. The maximum absolute atomic E-state index is 11.7. The number of hydrogen-bond acceptors (Lipinski definition) is 3. The van der Waals surface area contributed by atoms with E-state index in [9.17, 15) is 9.59 Å². The number of hydrogen-bond donors (Lipinski definition) is 1. The van der Waals surface area contributed by atoms with Crippen molar-refractivity contribution < 1.29 is 4.74 Å². The topological polar surface area (TPSA) is 64.1 Å². The van der Waals surface area contributed by atoms with E-state index >= 15 is 0 Å². The van der Waals surface area contributed by atoms with Crippen LogP contribution in [0.5, 0.6) is 5.75 Å². The maximum Gasteiger partial charge on any atom is 0.328 e. The van der Waals surface area contributed by atoms with E-state index in [1.165, 1.54) is 10.8 Å². The molecular formula is C13H11ClN2O3. The number of ether oxygens (including phenoxy) is 1. The van der Waals surface area contributed by atoms with Gasteiger partial charge in [0.05, 0.1) is 6.61 Å². The van der Waals surface area contributed by atoms with E-state index in [1.807, 2.05) is 24.3 Å². The smallest absolute Gasteiger partial charge is 0.328 e. The van der Waals surface area contributed by atoms with Crippen molar-refractivity contribution in [1.29, 1.82) is 0 Å². The van der Waals surface area contributed by atoms with Gasteiger partial charge >= 0.3 is 5.69 Å². The van der Waals surface area contributed by atoms with E-state index in [0.717, 1.165) is 11.3 Å². The molecule has 0 spiro atoms. The third-order valence-electron chi connectivity index (χ3n) is 3.18. The second kappa shape index (κ2) is 4.59. The van der Waals surface area contributed by atoms with Gasteiger partial charge in [-0.15, -0.1) is 0 Å². The van der Waals surface area contributed by atoms with Crippen LogP contribution in [-0.4, -0.2) is 16.2 Å². The fourth-order valence-corrected chi connectivity index (χ4v) is 2.40. The minimum absolute atomic E-state index is 0.00630. The standard InChI is InChI=1S/C13H11ClN2O3/c14-10-6-16(13(18)15-12(10)17)5-8-7-19-11-4-2-1-3-9(8)11/h1-4,6,8H,5,7H2,(H,15,17,18). The number of H-pyrrole nitrogens is 1. The second-order valence-electron chi connectivity index (χ2n) is 4.43. The Bertz CT molecular complexity index is 735. The Kier molecular flexibility index (Phi) is 2.91. The molecule has 5 nitrogen and oxygen atoms in total. The highest BCUT2D eigenvalue weighted by atomic mass is 35.5. The monoisotopic (exact) mass is 278 g/mol. The Morgan fingerprint density at radius 2 is 2.16 bits per heavy atom. The Balaban J connectivity index is 1.94. The summed E-state index contributed by atoms with van der Waals surface area (Å²) in [5.74, 6) is 0.923. The van der Waals surface area contributed by atoms with Gasteiger partial charge in [0, 0.05) is 24.2 Å². The van der Waals surface area contributed by atoms with Gasteiger partial charge in [-0.3, -0.25) is 14.3 Å². The lowest BCUT2D eigenvalue weighted by atomic mass is 10.0. The molecule has 0 bridgehead atoms. The molecule has 1 unspecified atom stereocenters. The molecular weight excluding hydrogens is 268 g/mol. The molecule has 0 saturated carbocycles. The van der Waals surface area contributed by atoms with Gasteiger partial charge in [-0.2, -0.15) is 0 Å². The molecule has 0 saturated heterocycles. The van der Waals surface area contributed by atoms with Gasteiger partial charge in [0.25, 0.3) is 5.56 Å². The second-order valence-corrected chi connectivity index (χ2v) is 4.84.